The largest absolute Gasteiger partial charge is 0.396 e. The number of ether oxygens (including phenoxy) is 1. The predicted octanol–water partition coefficient (Wildman–Crippen LogP) is 2.35. The fraction of sp³-hybridized carbons (Fsp3) is 0.615. The van der Waals surface area contributed by atoms with Crippen LogP contribution in [0.5, 0.6) is 0 Å². The van der Waals surface area contributed by atoms with Gasteiger partial charge in [0.05, 0.1) is 10.4 Å². The first-order valence-electron chi connectivity index (χ1n) is 6.45. The third-order valence-electron chi connectivity index (χ3n) is 3.56. The maximum absolute atomic E-state index is 12.8. The van der Waals surface area contributed by atoms with Gasteiger partial charge in [-0.25, -0.2) is 8.78 Å². The Balaban J connectivity index is 2.13. The number of halogens is 2. The van der Waals surface area contributed by atoms with Crippen molar-refractivity contribution in [1.29, 1.82) is 0 Å². The first kappa shape index (κ1) is 15.3. The van der Waals surface area contributed by atoms with Gasteiger partial charge in [0, 0.05) is 25.4 Å². The highest BCUT2D eigenvalue weighted by Crippen LogP contribution is 2.30. The summed E-state index contributed by atoms with van der Waals surface area (Å²) in [7, 11) is 0. The smallest absolute Gasteiger partial charge is 0.273 e. The molecule has 1 aliphatic rings. The van der Waals surface area contributed by atoms with Gasteiger partial charge in [-0.2, -0.15) is 0 Å². The van der Waals surface area contributed by atoms with Crippen molar-refractivity contribution < 1.29 is 23.4 Å². The third-order valence-corrected chi connectivity index (χ3v) is 4.48. The van der Waals surface area contributed by atoms with Crippen LogP contribution in [0.15, 0.2) is 11.4 Å². The Hall–Kier alpha value is -1.05. The van der Waals surface area contributed by atoms with Crippen molar-refractivity contribution in [2.75, 3.05) is 19.8 Å². The summed E-state index contributed by atoms with van der Waals surface area (Å²) >= 11 is 0.875. The van der Waals surface area contributed by atoms with Gasteiger partial charge in [0.15, 0.2) is 0 Å². The van der Waals surface area contributed by atoms with Gasteiger partial charge < -0.3 is 15.2 Å². The van der Waals surface area contributed by atoms with Crippen LogP contribution in [0.1, 0.15) is 40.9 Å². The minimum Gasteiger partial charge on any atom is -0.396 e. The minimum atomic E-state index is -2.65. The number of hydrogen-bond donors (Lipinski definition) is 2. The van der Waals surface area contributed by atoms with Crippen molar-refractivity contribution >= 4 is 17.2 Å². The van der Waals surface area contributed by atoms with Crippen molar-refractivity contribution in [3.63, 3.8) is 0 Å². The normalized spacial score (nSPS) is 18.2. The van der Waals surface area contributed by atoms with E-state index in [4.69, 9.17) is 9.84 Å². The summed E-state index contributed by atoms with van der Waals surface area (Å²) < 4.78 is 30.9. The van der Waals surface area contributed by atoms with Gasteiger partial charge in [-0.05, 0) is 30.7 Å². The van der Waals surface area contributed by atoms with Crippen LogP contribution < -0.4 is 5.32 Å². The van der Waals surface area contributed by atoms with Crippen molar-refractivity contribution in [3.05, 3.63) is 21.9 Å². The summed E-state index contributed by atoms with van der Waals surface area (Å²) in [6.45, 7) is 0.920. The van der Waals surface area contributed by atoms with Crippen LogP contribution in [-0.4, -0.2) is 36.4 Å². The Morgan fingerprint density at radius 2 is 2.20 bits per heavy atom. The second-order valence-corrected chi connectivity index (χ2v) is 5.77. The zero-order valence-corrected chi connectivity index (χ0v) is 11.7. The van der Waals surface area contributed by atoms with Crippen LogP contribution >= 0.6 is 11.3 Å². The molecule has 2 rings (SSSR count). The number of carbonyl (C=O) groups is 1. The van der Waals surface area contributed by atoms with Gasteiger partial charge in [-0.3, -0.25) is 4.79 Å². The van der Waals surface area contributed by atoms with Crippen LogP contribution in [-0.2, 0) is 4.74 Å². The van der Waals surface area contributed by atoms with Gasteiger partial charge in [-0.15, -0.1) is 11.3 Å². The predicted molar refractivity (Wildman–Crippen MR) is 71.2 cm³/mol. The molecule has 1 fully saturated rings. The molecule has 20 heavy (non-hydrogen) atoms. The van der Waals surface area contributed by atoms with Crippen molar-refractivity contribution in [2.24, 2.45) is 0 Å². The Bertz CT molecular complexity index is 453. The summed E-state index contributed by atoms with van der Waals surface area (Å²) in [5.41, 5.74) is -0.542. The van der Waals surface area contributed by atoms with Crippen molar-refractivity contribution in [1.82, 2.24) is 5.32 Å². The van der Waals surface area contributed by atoms with E-state index < -0.39 is 17.9 Å². The fourth-order valence-electron chi connectivity index (χ4n) is 2.40. The topological polar surface area (TPSA) is 58.6 Å². The molecule has 0 unspecified atom stereocenters. The summed E-state index contributed by atoms with van der Waals surface area (Å²) in [5, 5.41) is 13.5. The standard InChI is InChI=1S/C13H17F2NO3S/c14-11(15)10-9(1-8-20-10)12(18)16-13(2-5-17)3-6-19-7-4-13/h1,8,11,17H,2-7H2,(H,16,18). The average Bonchev–Trinajstić information content (AvgIpc) is 2.89. The highest BCUT2D eigenvalue weighted by molar-refractivity contribution is 7.10. The zero-order valence-electron chi connectivity index (χ0n) is 10.9. The second-order valence-electron chi connectivity index (χ2n) is 4.82. The van der Waals surface area contributed by atoms with E-state index in [-0.39, 0.29) is 17.0 Å². The molecule has 1 aliphatic heterocycles. The van der Waals surface area contributed by atoms with Crippen molar-refractivity contribution in [2.45, 2.75) is 31.2 Å². The van der Waals surface area contributed by atoms with E-state index in [9.17, 15) is 13.6 Å². The Morgan fingerprint density at radius 3 is 2.80 bits per heavy atom. The van der Waals surface area contributed by atoms with E-state index in [1.165, 1.54) is 11.4 Å². The molecule has 2 N–H and O–H groups in total. The lowest BCUT2D eigenvalue weighted by Crippen LogP contribution is -2.52. The van der Waals surface area contributed by atoms with E-state index in [2.05, 4.69) is 5.32 Å². The molecule has 112 valence electrons. The van der Waals surface area contributed by atoms with E-state index >= 15 is 0 Å². The van der Waals surface area contributed by atoms with Crippen LogP contribution in [0.4, 0.5) is 8.78 Å². The molecule has 1 aromatic rings. The second kappa shape index (κ2) is 6.60. The molecular weight excluding hydrogens is 288 g/mol. The van der Waals surface area contributed by atoms with Gasteiger partial charge >= 0.3 is 0 Å². The van der Waals surface area contributed by atoms with E-state index in [1.54, 1.807) is 0 Å². The molecule has 1 aromatic heterocycles. The Labute approximate surface area is 119 Å². The van der Waals surface area contributed by atoms with Gasteiger partial charge in [0.25, 0.3) is 12.3 Å². The summed E-state index contributed by atoms with van der Waals surface area (Å²) in [4.78, 5) is 12.0. The fourth-order valence-corrected chi connectivity index (χ4v) is 3.14. The zero-order chi connectivity index (χ0) is 14.6. The molecule has 4 nitrogen and oxygen atoms in total. The van der Waals surface area contributed by atoms with Gasteiger partial charge in [0.1, 0.15) is 0 Å². The molecule has 0 atom stereocenters. The molecule has 2 heterocycles. The molecule has 0 saturated carbocycles. The van der Waals surface area contributed by atoms with Crippen LogP contribution in [0.25, 0.3) is 0 Å². The number of aliphatic hydroxyl groups is 1. The molecule has 1 amide bonds. The minimum absolute atomic E-state index is 0.0220. The molecule has 1 saturated heterocycles. The molecule has 7 heteroatoms. The average molecular weight is 305 g/mol. The third kappa shape index (κ3) is 3.34. The molecule has 0 spiro atoms. The molecule has 0 radical (unpaired) electrons. The van der Waals surface area contributed by atoms with E-state index in [0.29, 0.717) is 32.5 Å². The number of alkyl halides is 2. The maximum Gasteiger partial charge on any atom is 0.273 e. The number of nitrogens with one attached hydrogen (secondary N) is 1. The van der Waals surface area contributed by atoms with Crippen LogP contribution in [0.2, 0.25) is 0 Å². The molecule has 0 aromatic carbocycles. The Morgan fingerprint density at radius 1 is 1.50 bits per heavy atom. The maximum atomic E-state index is 12.8. The lowest BCUT2D eigenvalue weighted by Gasteiger charge is -2.37. The molecule has 0 bridgehead atoms. The van der Waals surface area contributed by atoms with Crippen LogP contribution in [0, 0.1) is 0 Å². The number of thiophene rings is 1. The lowest BCUT2D eigenvalue weighted by atomic mass is 9.86. The summed E-state index contributed by atoms with van der Waals surface area (Å²) in [6.07, 6.45) is -1.10. The quantitative estimate of drug-likeness (QED) is 0.878. The van der Waals surface area contributed by atoms with E-state index in [1.807, 2.05) is 0 Å². The lowest BCUT2D eigenvalue weighted by molar-refractivity contribution is 0.0265. The number of amides is 1. The highest BCUT2D eigenvalue weighted by atomic mass is 32.1. The number of hydrogen-bond acceptors (Lipinski definition) is 4. The van der Waals surface area contributed by atoms with Crippen molar-refractivity contribution in [3.8, 4) is 0 Å². The number of aliphatic hydroxyl groups excluding tert-OH is 1. The van der Waals surface area contributed by atoms with Crippen LogP contribution in [0.3, 0.4) is 0 Å². The van der Waals surface area contributed by atoms with Gasteiger partial charge in [0.2, 0.25) is 0 Å². The highest BCUT2D eigenvalue weighted by Gasteiger charge is 2.34. The SMILES string of the molecule is O=C(NC1(CCO)CCOCC1)c1ccsc1C(F)F. The molecular formula is C13H17F2NO3S. The monoisotopic (exact) mass is 305 g/mol. The number of carbonyl (C=O) groups excluding carboxylic acids is 1. The summed E-state index contributed by atoms with van der Waals surface area (Å²) in [6, 6.07) is 1.41. The first-order valence-corrected chi connectivity index (χ1v) is 7.32. The number of rotatable bonds is 5. The Kier molecular flexibility index (Phi) is 5.06. The van der Waals surface area contributed by atoms with Gasteiger partial charge in [-0.1, -0.05) is 0 Å². The van der Waals surface area contributed by atoms with E-state index in [0.717, 1.165) is 11.3 Å². The summed E-state index contributed by atoms with van der Waals surface area (Å²) in [5.74, 6) is -0.503. The molecule has 0 aliphatic carbocycles. The first-order chi connectivity index (χ1) is 9.58.